The number of esters is 1. The number of hydrogen-bond acceptors (Lipinski definition) is 2. The van der Waals surface area contributed by atoms with Crippen molar-refractivity contribution in [3.05, 3.63) is 35.1 Å². The van der Waals surface area contributed by atoms with Crippen molar-refractivity contribution < 1.29 is 13.9 Å². The normalized spacial score (nSPS) is 10.5. The molecular weight excluding hydrogens is 195 g/mol. The lowest BCUT2D eigenvalue weighted by Crippen LogP contribution is -2.13. The number of rotatable bonds is 3. The zero-order valence-electron chi connectivity index (χ0n) is 9.21. The number of hydrogen-bond donors (Lipinski definition) is 0. The summed E-state index contributed by atoms with van der Waals surface area (Å²) < 4.78 is 17.9. The first-order valence-electron chi connectivity index (χ1n) is 4.93. The number of halogens is 1. The van der Waals surface area contributed by atoms with Crippen LogP contribution in [0.3, 0.4) is 0 Å². The van der Waals surface area contributed by atoms with Crippen LogP contribution >= 0.6 is 0 Å². The van der Waals surface area contributed by atoms with Crippen LogP contribution in [-0.4, -0.2) is 12.1 Å². The third-order valence-corrected chi connectivity index (χ3v) is 1.94. The first kappa shape index (κ1) is 11.7. The Kier molecular flexibility index (Phi) is 3.83. The lowest BCUT2D eigenvalue weighted by Gasteiger charge is -2.08. The third-order valence-electron chi connectivity index (χ3n) is 1.94. The average molecular weight is 210 g/mol. The van der Waals surface area contributed by atoms with Crippen LogP contribution in [-0.2, 0) is 16.0 Å². The number of aryl methyl sites for hydroxylation is 1. The van der Waals surface area contributed by atoms with E-state index in [0.29, 0.717) is 5.56 Å². The van der Waals surface area contributed by atoms with E-state index in [1.807, 2.05) is 0 Å². The fraction of sp³-hybridized carbons (Fsp3) is 0.417. The molecule has 1 aromatic carbocycles. The van der Waals surface area contributed by atoms with Crippen LogP contribution in [0.1, 0.15) is 25.0 Å². The predicted molar refractivity (Wildman–Crippen MR) is 56.1 cm³/mol. The summed E-state index contributed by atoms with van der Waals surface area (Å²) in [7, 11) is 0. The molecule has 0 saturated heterocycles. The zero-order valence-corrected chi connectivity index (χ0v) is 9.21. The molecule has 1 rings (SSSR count). The van der Waals surface area contributed by atoms with Crippen LogP contribution in [0, 0.1) is 12.7 Å². The molecule has 0 saturated carbocycles. The third kappa shape index (κ3) is 3.70. The van der Waals surface area contributed by atoms with Crippen molar-refractivity contribution in [2.75, 3.05) is 0 Å². The van der Waals surface area contributed by atoms with Gasteiger partial charge in [-0.1, -0.05) is 12.1 Å². The van der Waals surface area contributed by atoms with E-state index in [4.69, 9.17) is 4.74 Å². The van der Waals surface area contributed by atoms with Crippen LogP contribution in [0.25, 0.3) is 0 Å². The zero-order chi connectivity index (χ0) is 11.4. The summed E-state index contributed by atoms with van der Waals surface area (Å²) >= 11 is 0. The van der Waals surface area contributed by atoms with Gasteiger partial charge in [-0.2, -0.15) is 0 Å². The largest absolute Gasteiger partial charge is 0.463 e. The molecule has 3 heteroatoms. The highest BCUT2D eigenvalue weighted by Crippen LogP contribution is 2.10. The molecule has 0 atom stereocenters. The van der Waals surface area contributed by atoms with Crippen LogP contribution in [0.15, 0.2) is 18.2 Å². The molecule has 0 heterocycles. The van der Waals surface area contributed by atoms with E-state index < -0.39 is 0 Å². The molecule has 0 unspecified atom stereocenters. The van der Waals surface area contributed by atoms with Crippen molar-refractivity contribution in [2.45, 2.75) is 33.3 Å². The van der Waals surface area contributed by atoms with Gasteiger partial charge in [0.2, 0.25) is 0 Å². The van der Waals surface area contributed by atoms with Gasteiger partial charge in [-0.15, -0.1) is 0 Å². The molecular formula is C12H15FO2. The smallest absolute Gasteiger partial charge is 0.310 e. The Labute approximate surface area is 89.1 Å². The molecule has 1 aromatic rings. The Bertz CT molecular complexity index is 359. The SMILES string of the molecule is Cc1cc(CC(=O)OC(C)C)ccc1F. The minimum absolute atomic E-state index is 0.112. The summed E-state index contributed by atoms with van der Waals surface area (Å²) in [5.74, 6) is -0.535. The van der Waals surface area contributed by atoms with Gasteiger partial charge in [-0.3, -0.25) is 4.79 Å². The Morgan fingerprint density at radius 2 is 2.13 bits per heavy atom. The highest BCUT2D eigenvalue weighted by Gasteiger charge is 2.07. The van der Waals surface area contributed by atoms with Gasteiger partial charge in [-0.25, -0.2) is 4.39 Å². The molecule has 0 aliphatic heterocycles. The van der Waals surface area contributed by atoms with Crippen LogP contribution < -0.4 is 0 Å². The summed E-state index contributed by atoms with van der Waals surface area (Å²) in [6.45, 7) is 5.27. The van der Waals surface area contributed by atoms with Gasteiger partial charge in [0.15, 0.2) is 0 Å². The maximum absolute atomic E-state index is 12.9. The topological polar surface area (TPSA) is 26.3 Å². The monoisotopic (exact) mass is 210 g/mol. The van der Waals surface area contributed by atoms with Crippen molar-refractivity contribution >= 4 is 5.97 Å². The second-order valence-electron chi connectivity index (χ2n) is 3.80. The van der Waals surface area contributed by atoms with Gasteiger partial charge >= 0.3 is 5.97 Å². The molecule has 0 bridgehead atoms. The summed E-state index contributed by atoms with van der Waals surface area (Å²) in [6, 6.07) is 4.63. The Hall–Kier alpha value is -1.38. The highest BCUT2D eigenvalue weighted by molar-refractivity contribution is 5.72. The molecule has 0 aliphatic rings. The number of benzene rings is 1. The van der Waals surface area contributed by atoms with Crippen LogP contribution in [0.2, 0.25) is 0 Å². The van der Waals surface area contributed by atoms with Crippen molar-refractivity contribution in [1.29, 1.82) is 0 Å². The van der Waals surface area contributed by atoms with Gasteiger partial charge in [-0.05, 0) is 38.0 Å². The highest BCUT2D eigenvalue weighted by atomic mass is 19.1. The lowest BCUT2D eigenvalue weighted by atomic mass is 10.1. The van der Waals surface area contributed by atoms with E-state index in [0.717, 1.165) is 5.56 Å². The molecule has 82 valence electrons. The Balaban J connectivity index is 2.65. The number of carbonyl (C=O) groups excluding carboxylic acids is 1. The maximum Gasteiger partial charge on any atom is 0.310 e. The van der Waals surface area contributed by atoms with E-state index in [2.05, 4.69) is 0 Å². The quantitative estimate of drug-likeness (QED) is 0.717. The minimum Gasteiger partial charge on any atom is -0.463 e. The van der Waals surface area contributed by atoms with E-state index in [-0.39, 0.29) is 24.3 Å². The summed E-state index contributed by atoms with van der Waals surface area (Å²) in [5, 5.41) is 0. The van der Waals surface area contributed by atoms with Crippen LogP contribution in [0.5, 0.6) is 0 Å². The predicted octanol–water partition coefficient (Wildman–Crippen LogP) is 2.63. The summed E-state index contributed by atoms with van der Waals surface area (Å²) in [6.07, 6.45) is 0.0818. The average Bonchev–Trinajstić information content (AvgIpc) is 2.10. The lowest BCUT2D eigenvalue weighted by molar-refractivity contribution is -0.146. The molecule has 0 spiro atoms. The van der Waals surface area contributed by atoms with Crippen molar-refractivity contribution in [3.63, 3.8) is 0 Å². The van der Waals surface area contributed by atoms with E-state index in [1.165, 1.54) is 6.07 Å². The minimum atomic E-state index is -0.281. The Morgan fingerprint density at radius 1 is 1.47 bits per heavy atom. The second-order valence-corrected chi connectivity index (χ2v) is 3.80. The molecule has 0 fully saturated rings. The fourth-order valence-electron chi connectivity index (χ4n) is 1.29. The van der Waals surface area contributed by atoms with Gasteiger partial charge in [0.25, 0.3) is 0 Å². The van der Waals surface area contributed by atoms with Gasteiger partial charge in [0.05, 0.1) is 12.5 Å². The first-order valence-corrected chi connectivity index (χ1v) is 4.93. The molecule has 0 N–H and O–H groups in total. The molecule has 0 aromatic heterocycles. The van der Waals surface area contributed by atoms with E-state index in [9.17, 15) is 9.18 Å². The van der Waals surface area contributed by atoms with Crippen molar-refractivity contribution in [3.8, 4) is 0 Å². The summed E-state index contributed by atoms with van der Waals surface area (Å²) in [4.78, 5) is 11.3. The van der Waals surface area contributed by atoms with Crippen LogP contribution in [0.4, 0.5) is 4.39 Å². The van der Waals surface area contributed by atoms with Crippen molar-refractivity contribution in [2.24, 2.45) is 0 Å². The van der Waals surface area contributed by atoms with Crippen molar-refractivity contribution in [1.82, 2.24) is 0 Å². The molecule has 2 nitrogen and oxygen atoms in total. The molecule has 15 heavy (non-hydrogen) atoms. The van der Waals surface area contributed by atoms with E-state index in [1.54, 1.807) is 32.9 Å². The van der Waals surface area contributed by atoms with Gasteiger partial charge in [0, 0.05) is 0 Å². The summed E-state index contributed by atoms with van der Waals surface area (Å²) in [5.41, 5.74) is 1.32. The van der Waals surface area contributed by atoms with E-state index >= 15 is 0 Å². The molecule has 0 amide bonds. The van der Waals surface area contributed by atoms with Gasteiger partial charge in [0.1, 0.15) is 5.82 Å². The molecule has 0 radical (unpaired) electrons. The van der Waals surface area contributed by atoms with Gasteiger partial charge < -0.3 is 4.74 Å². The Morgan fingerprint density at radius 3 is 2.67 bits per heavy atom. The fourth-order valence-corrected chi connectivity index (χ4v) is 1.29. The standard InChI is InChI=1S/C12H15FO2/c1-8(2)15-12(14)7-10-4-5-11(13)9(3)6-10/h4-6,8H,7H2,1-3H3. The first-order chi connectivity index (χ1) is 6.99. The second kappa shape index (κ2) is 4.91. The number of carbonyl (C=O) groups is 1. The number of ether oxygens (including phenoxy) is 1. The maximum atomic E-state index is 12.9. The molecule has 0 aliphatic carbocycles.